The highest BCUT2D eigenvalue weighted by atomic mass is 127. The van der Waals surface area contributed by atoms with Crippen molar-refractivity contribution in [2.75, 3.05) is 13.1 Å². The van der Waals surface area contributed by atoms with Crippen LogP contribution in [0.1, 0.15) is 26.3 Å². The van der Waals surface area contributed by atoms with Crippen LogP contribution in [-0.2, 0) is 6.54 Å². The van der Waals surface area contributed by atoms with Crippen LogP contribution in [0.4, 0.5) is 8.78 Å². The molecule has 1 rings (SSSR count). The van der Waals surface area contributed by atoms with Crippen LogP contribution in [0, 0.1) is 5.92 Å². The lowest BCUT2D eigenvalue weighted by Crippen LogP contribution is -2.39. The van der Waals surface area contributed by atoms with Gasteiger partial charge in [-0.2, -0.15) is 8.78 Å². The van der Waals surface area contributed by atoms with E-state index in [9.17, 15) is 8.78 Å². The number of guanidine groups is 1. The van der Waals surface area contributed by atoms with E-state index < -0.39 is 6.61 Å². The topological polar surface area (TPSA) is 45.7 Å². The monoisotopic (exact) mass is 427 g/mol. The van der Waals surface area contributed by atoms with Crippen LogP contribution < -0.4 is 15.4 Å². The first-order chi connectivity index (χ1) is 10.0. The summed E-state index contributed by atoms with van der Waals surface area (Å²) in [5, 5.41) is 6.37. The highest BCUT2D eigenvalue weighted by Gasteiger charge is 2.05. The highest BCUT2D eigenvalue weighted by Crippen LogP contribution is 2.16. The van der Waals surface area contributed by atoms with Crippen molar-refractivity contribution >= 4 is 29.9 Å². The number of hydrogen-bond acceptors (Lipinski definition) is 2. The average molecular weight is 427 g/mol. The number of aliphatic imine (C=N–C) groups is 1. The van der Waals surface area contributed by atoms with Crippen molar-refractivity contribution in [2.45, 2.75) is 33.9 Å². The van der Waals surface area contributed by atoms with E-state index in [0.29, 0.717) is 18.4 Å². The lowest BCUT2D eigenvalue weighted by molar-refractivity contribution is -0.0498. The van der Waals surface area contributed by atoms with Gasteiger partial charge in [-0.15, -0.1) is 24.0 Å². The zero-order chi connectivity index (χ0) is 15.7. The lowest BCUT2D eigenvalue weighted by Gasteiger charge is -2.13. The molecule has 0 aliphatic rings. The number of nitrogens with one attached hydrogen (secondary N) is 2. The Hall–Kier alpha value is -1.12. The summed E-state index contributed by atoms with van der Waals surface area (Å²) in [7, 11) is 0. The van der Waals surface area contributed by atoms with Crippen molar-refractivity contribution in [3.05, 3.63) is 29.8 Å². The number of alkyl halides is 2. The van der Waals surface area contributed by atoms with Gasteiger partial charge in [-0.3, -0.25) is 0 Å². The maximum absolute atomic E-state index is 12.2. The van der Waals surface area contributed by atoms with Gasteiger partial charge in [0.05, 0.1) is 6.54 Å². The van der Waals surface area contributed by atoms with Gasteiger partial charge in [0, 0.05) is 13.1 Å². The Kier molecular flexibility index (Phi) is 10.9. The third-order valence-corrected chi connectivity index (χ3v) is 2.57. The number of ether oxygens (including phenoxy) is 1. The van der Waals surface area contributed by atoms with E-state index >= 15 is 0 Å². The van der Waals surface area contributed by atoms with Gasteiger partial charge in [0.1, 0.15) is 5.75 Å². The molecule has 0 aromatic heterocycles. The largest absolute Gasteiger partial charge is 0.435 e. The molecular weight excluding hydrogens is 403 g/mol. The van der Waals surface area contributed by atoms with Gasteiger partial charge in [-0.25, -0.2) is 4.99 Å². The standard InChI is InChI=1S/C15H23F2N3O.HI/c1-4-18-15(19-9-11(2)3)20-10-12-6-5-7-13(8-12)21-14(16)17;/h5-8,11,14H,4,9-10H2,1-3H3,(H2,18,19,20);1H. The first kappa shape index (κ1) is 20.9. The number of halogens is 3. The fourth-order valence-electron chi connectivity index (χ4n) is 1.63. The van der Waals surface area contributed by atoms with E-state index in [-0.39, 0.29) is 29.7 Å². The maximum atomic E-state index is 12.2. The van der Waals surface area contributed by atoms with Gasteiger partial charge in [-0.05, 0) is 30.5 Å². The molecule has 1 aromatic carbocycles. The fourth-order valence-corrected chi connectivity index (χ4v) is 1.63. The van der Waals surface area contributed by atoms with E-state index in [2.05, 4.69) is 34.2 Å². The van der Waals surface area contributed by atoms with Crippen LogP contribution in [0.2, 0.25) is 0 Å². The Bertz CT molecular complexity index is 456. The van der Waals surface area contributed by atoms with E-state index in [1.54, 1.807) is 12.1 Å². The fraction of sp³-hybridized carbons (Fsp3) is 0.533. The van der Waals surface area contributed by atoms with Crippen molar-refractivity contribution in [3.63, 3.8) is 0 Å². The second kappa shape index (κ2) is 11.4. The average Bonchev–Trinajstić information content (AvgIpc) is 2.41. The Balaban J connectivity index is 0.00000441. The first-order valence-electron chi connectivity index (χ1n) is 7.07. The predicted molar refractivity (Wildman–Crippen MR) is 96.1 cm³/mol. The number of rotatable bonds is 7. The smallest absolute Gasteiger partial charge is 0.387 e. The zero-order valence-corrected chi connectivity index (χ0v) is 15.4. The van der Waals surface area contributed by atoms with Crippen molar-refractivity contribution in [2.24, 2.45) is 10.9 Å². The molecule has 0 amide bonds. The van der Waals surface area contributed by atoms with E-state index in [0.717, 1.165) is 18.7 Å². The summed E-state index contributed by atoms with van der Waals surface area (Å²) in [4.78, 5) is 4.43. The second-order valence-corrected chi connectivity index (χ2v) is 5.00. The zero-order valence-electron chi connectivity index (χ0n) is 13.1. The summed E-state index contributed by atoms with van der Waals surface area (Å²) >= 11 is 0. The van der Waals surface area contributed by atoms with Crippen LogP contribution in [0.15, 0.2) is 29.3 Å². The molecule has 126 valence electrons. The van der Waals surface area contributed by atoms with E-state index in [1.165, 1.54) is 6.07 Å². The van der Waals surface area contributed by atoms with Gasteiger partial charge in [0.15, 0.2) is 5.96 Å². The first-order valence-corrected chi connectivity index (χ1v) is 7.07. The Morgan fingerprint density at radius 2 is 2.00 bits per heavy atom. The van der Waals surface area contributed by atoms with Crippen LogP contribution in [0.25, 0.3) is 0 Å². The molecular formula is C15H24F2IN3O. The quantitative estimate of drug-likeness (QED) is 0.397. The molecule has 1 aromatic rings. The van der Waals surface area contributed by atoms with Crippen LogP contribution in [-0.4, -0.2) is 25.7 Å². The molecule has 22 heavy (non-hydrogen) atoms. The van der Waals surface area contributed by atoms with Crippen LogP contribution >= 0.6 is 24.0 Å². The summed E-state index contributed by atoms with van der Waals surface area (Å²) in [5.74, 6) is 1.38. The van der Waals surface area contributed by atoms with Gasteiger partial charge in [0.25, 0.3) is 0 Å². The molecule has 4 nitrogen and oxygen atoms in total. The number of benzene rings is 1. The van der Waals surface area contributed by atoms with Crippen LogP contribution in [0.3, 0.4) is 0 Å². The molecule has 0 spiro atoms. The SMILES string of the molecule is CCNC(=NCc1cccc(OC(F)F)c1)NCC(C)C.I. The second-order valence-electron chi connectivity index (χ2n) is 5.00. The molecule has 0 saturated heterocycles. The van der Waals surface area contributed by atoms with Gasteiger partial charge in [0.2, 0.25) is 0 Å². The van der Waals surface area contributed by atoms with Gasteiger partial charge < -0.3 is 15.4 Å². The third kappa shape index (κ3) is 9.01. The maximum Gasteiger partial charge on any atom is 0.387 e. The van der Waals surface area contributed by atoms with Gasteiger partial charge >= 0.3 is 6.61 Å². The minimum atomic E-state index is -2.81. The number of nitrogens with zero attached hydrogens (tertiary/aromatic N) is 1. The minimum Gasteiger partial charge on any atom is -0.435 e. The van der Waals surface area contributed by atoms with Crippen molar-refractivity contribution in [3.8, 4) is 5.75 Å². The Morgan fingerprint density at radius 1 is 1.27 bits per heavy atom. The molecule has 0 fully saturated rings. The summed E-state index contributed by atoms with van der Waals surface area (Å²) in [6.45, 7) is 5.38. The van der Waals surface area contributed by atoms with Crippen molar-refractivity contribution < 1.29 is 13.5 Å². The summed E-state index contributed by atoms with van der Waals surface area (Å²) in [5.41, 5.74) is 0.815. The summed E-state index contributed by atoms with van der Waals surface area (Å²) < 4.78 is 28.7. The normalized spacial score (nSPS) is 11.3. The van der Waals surface area contributed by atoms with Crippen LogP contribution in [0.5, 0.6) is 5.75 Å². The Morgan fingerprint density at radius 3 is 2.59 bits per heavy atom. The third-order valence-electron chi connectivity index (χ3n) is 2.57. The molecule has 0 radical (unpaired) electrons. The molecule has 7 heteroatoms. The Labute approximate surface area is 147 Å². The molecule has 0 atom stereocenters. The molecule has 0 unspecified atom stereocenters. The molecule has 0 saturated carbocycles. The predicted octanol–water partition coefficient (Wildman–Crippen LogP) is 3.62. The van der Waals surface area contributed by atoms with E-state index in [1.807, 2.05) is 13.0 Å². The lowest BCUT2D eigenvalue weighted by atomic mass is 10.2. The molecule has 2 N–H and O–H groups in total. The molecule has 0 aliphatic carbocycles. The van der Waals surface area contributed by atoms with Crippen molar-refractivity contribution in [1.82, 2.24) is 10.6 Å². The minimum absolute atomic E-state index is 0. The molecule has 0 aliphatic heterocycles. The molecule has 0 bridgehead atoms. The summed E-state index contributed by atoms with van der Waals surface area (Å²) in [6, 6.07) is 6.58. The molecule has 0 heterocycles. The summed E-state index contributed by atoms with van der Waals surface area (Å²) in [6.07, 6.45) is 0. The number of hydrogen-bond donors (Lipinski definition) is 2. The van der Waals surface area contributed by atoms with Crippen molar-refractivity contribution in [1.29, 1.82) is 0 Å². The van der Waals surface area contributed by atoms with E-state index in [4.69, 9.17) is 0 Å². The van der Waals surface area contributed by atoms with Gasteiger partial charge in [-0.1, -0.05) is 26.0 Å². The highest BCUT2D eigenvalue weighted by molar-refractivity contribution is 14.0.